The van der Waals surface area contributed by atoms with Crippen molar-refractivity contribution in [2.24, 2.45) is 0 Å². The van der Waals surface area contributed by atoms with Crippen LogP contribution in [-0.4, -0.2) is 56.7 Å². The highest BCUT2D eigenvalue weighted by Crippen LogP contribution is 2.22. The van der Waals surface area contributed by atoms with Crippen molar-refractivity contribution in [3.8, 4) is 0 Å². The molecule has 0 unspecified atom stereocenters. The van der Waals surface area contributed by atoms with E-state index in [0.717, 1.165) is 13.1 Å². The fourth-order valence-corrected chi connectivity index (χ4v) is 4.45. The van der Waals surface area contributed by atoms with Gasteiger partial charge in [0.25, 0.3) is 0 Å². The van der Waals surface area contributed by atoms with E-state index in [9.17, 15) is 8.42 Å². The molecule has 0 bridgehead atoms. The van der Waals surface area contributed by atoms with E-state index in [0.29, 0.717) is 10.9 Å². The zero-order valence-corrected chi connectivity index (χ0v) is 14.9. The molecule has 2 heterocycles. The van der Waals surface area contributed by atoms with Crippen LogP contribution in [0.25, 0.3) is 0 Å². The molecule has 4 nitrogen and oxygen atoms in total. The van der Waals surface area contributed by atoms with Gasteiger partial charge in [-0.2, -0.15) is 0 Å². The zero-order chi connectivity index (χ0) is 16.3. The normalized spacial score (nSPS) is 24.1. The minimum Gasteiger partial charge on any atom is -0.302 e. The summed E-state index contributed by atoms with van der Waals surface area (Å²) in [5.41, 5.74) is 1.21. The number of hydrogen-bond acceptors (Lipinski definition) is 4. The van der Waals surface area contributed by atoms with Crippen molar-refractivity contribution in [1.82, 2.24) is 9.80 Å². The highest BCUT2D eigenvalue weighted by Gasteiger charge is 2.25. The summed E-state index contributed by atoms with van der Waals surface area (Å²) in [6.45, 7) is 5.80. The Morgan fingerprint density at radius 1 is 1.00 bits per heavy atom. The predicted octanol–water partition coefficient (Wildman–Crippen LogP) is 2.54. The van der Waals surface area contributed by atoms with Crippen molar-refractivity contribution in [3.05, 3.63) is 29.8 Å². The Morgan fingerprint density at radius 2 is 1.65 bits per heavy atom. The first-order valence-electron chi connectivity index (χ1n) is 8.78. The summed E-state index contributed by atoms with van der Waals surface area (Å²) >= 11 is 0. The highest BCUT2D eigenvalue weighted by molar-refractivity contribution is 7.90. The molecule has 2 aliphatic heterocycles. The molecular weight excluding hydrogens is 308 g/mol. The van der Waals surface area contributed by atoms with E-state index >= 15 is 0 Å². The van der Waals surface area contributed by atoms with Crippen LogP contribution in [0, 0.1) is 0 Å². The van der Waals surface area contributed by atoms with E-state index in [1.165, 1.54) is 63.6 Å². The largest absolute Gasteiger partial charge is 0.302 e. The molecule has 0 saturated carbocycles. The van der Waals surface area contributed by atoms with Crippen LogP contribution in [0.4, 0.5) is 0 Å². The van der Waals surface area contributed by atoms with Crippen LogP contribution in [0.1, 0.15) is 37.7 Å². The SMILES string of the molecule is CS(=O)(=O)c1ccc(CN2CCCC[C@@H]2CN2CCCC2)cc1. The third kappa shape index (κ3) is 4.55. The van der Waals surface area contributed by atoms with Crippen LogP contribution < -0.4 is 0 Å². The van der Waals surface area contributed by atoms with Gasteiger partial charge >= 0.3 is 0 Å². The summed E-state index contributed by atoms with van der Waals surface area (Å²) in [5, 5.41) is 0. The highest BCUT2D eigenvalue weighted by atomic mass is 32.2. The maximum Gasteiger partial charge on any atom is 0.175 e. The molecule has 128 valence electrons. The van der Waals surface area contributed by atoms with Gasteiger partial charge in [0.15, 0.2) is 9.84 Å². The lowest BCUT2D eigenvalue weighted by Crippen LogP contribution is -2.45. The van der Waals surface area contributed by atoms with E-state index in [2.05, 4.69) is 9.80 Å². The maximum atomic E-state index is 11.6. The first kappa shape index (κ1) is 16.9. The summed E-state index contributed by atoms with van der Waals surface area (Å²) in [6, 6.07) is 8.07. The van der Waals surface area contributed by atoms with Crippen molar-refractivity contribution in [1.29, 1.82) is 0 Å². The maximum absolute atomic E-state index is 11.6. The van der Waals surface area contributed by atoms with E-state index in [1.54, 1.807) is 12.1 Å². The smallest absolute Gasteiger partial charge is 0.175 e. The van der Waals surface area contributed by atoms with Crippen molar-refractivity contribution in [2.75, 3.05) is 32.4 Å². The Kier molecular flexibility index (Phi) is 5.39. The number of hydrogen-bond donors (Lipinski definition) is 0. The van der Waals surface area contributed by atoms with E-state index < -0.39 is 9.84 Å². The number of nitrogens with zero attached hydrogens (tertiary/aromatic N) is 2. The molecule has 2 aliphatic rings. The summed E-state index contributed by atoms with van der Waals surface area (Å²) < 4.78 is 23.1. The molecule has 0 aliphatic carbocycles. The molecule has 0 radical (unpaired) electrons. The van der Waals surface area contributed by atoms with Crippen LogP contribution in [0.2, 0.25) is 0 Å². The molecule has 2 saturated heterocycles. The fourth-order valence-electron chi connectivity index (χ4n) is 3.81. The molecule has 1 aromatic rings. The van der Waals surface area contributed by atoms with Gasteiger partial charge in [-0.3, -0.25) is 4.90 Å². The van der Waals surface area contributed by atoms with E-state index in [-0.39, 0.29) is 0 Å². The molecule has 1 aromatic carbocycles. The van der Waals surface area contributed by atoms with Gasteiger partial charge in [0.05, 0.1) is 4.90 Å². The molecular formula is C18H28N2O2S. The molecule has 2 fully saturated rings. The number of sulfone groups is 1. The predicted molar refractivity (Wildman–Crippen MR) is 93.3 cm³/mol. The van der Waals surface area contributed by atoms with Crippen molar-refractivity contribution >= 4 is 9.84 Å². The first-order chi connectivity index (χ1) is 11.0. The van der Waals surface area contributed by atoms with Crippen LogP contribution in [-0.2, 0) is 16.4 Å². The number of likely N-dealkylation sites (tertiary alicyclic amines) is 2. The second-order valence-corrected chi connectivity index (χ2v) is 9.06. The standard InChI is InChI=1S/C18H28N2O2S/c1-23(21,22)18-9-7-16(8-10-18)14-20-13-3-2-6-17(20)15-19-11-4-5-12-19/h7-10,17H,2-6,11-15H2,1H3/t17-/m1/s1. The van der Waals surface area contributed by atoms with E-state index in [4.69, 9.17) is 0 Å². The van der Waals surface area contributed by atoms with Crippen molar-refractivity contribution < 1.29 is 8.42 Å². The molecule has 0 amide bonds. The molecule has 0 N–H and O–H groups in total. The van der Waals surface area contributed by atoms with Gasteiger partial charge in [-0.15, -0.1) is 0 Å². The Morgan fingerprint density at radius 3 is 2.30 bits per heavy atom. The van der Waals surface area contributed by atoms with Gasteiger partial charge < -0.3 is 4.90 Å². The Bertz CT molecular complexity index is 606. The van der Waals surface area contributed by atoms with Gasteiger partial charge in [0, 0.05) is 25.4 Å². The monoisotopic (exact) mass is 336 g/mol. The third-order valence-corrected chi connectivity index (χ3v) is 6.28. The van der Waals surface area contributed by atoms with Gasteiger partial charge in [-0.25, -0.2) is 8.42 Å². The quantitative estimate of drug-likeness (QED) is 0.828. The minimum atomic E-state index is -3.10. The van der Waals surface area contributed by atoms with Crippen LogP contribution in [0.3, 0.4) is 0 Å². The van der Waals surface area contributed by atoms with Gasteiger partial charge in [0.2, 0.25) is 0 Å². The van der Waals surface area contributed by atoms with Crippen LogP contribution in [0.15, 0.2) is 29.2 Å². The first-order valence-corrected chi connectivity index (χ1v) is 10.7. The number of rotatable bonds is 5. The minimum absolute atomic E-state index is 0.411. The molecule has 5 heteroatoms. The summed E-state index contributed by atoms with van der Waals surface area (Å²) in [5.74, 6) is 0. The van der Waals surface area contributed by atoms with E-state index in [1.807, 2.05) is 12.1 Å². The molecule has 0 aromatic heterocycles. The fraction of sp³-hybridized carbons (Fsp3) is 0.667. The summed E-state index contributed by atoms with van der Waals surface area (Å²) in [4.78, 5) is 5.61. The third-order valence-electron chi connectivity index (χ3n) is 5.15. The lowest BCUT2D eigenvalue weighted by atomic mass is 10.0. The molecule has 3 rings (SSSR count). The Labute approximate surface area is 140 Å². The summed E-state index contributed by atoms with van der Waals surface area (Å²) in [7, 11) is -3.10. The van der Waals surface area contributed by atoms with Gasteiger partial charge in [-0.1, -0.05) is 18.6 Å². The average Bonchev–Trinajstić information content (AvgIpc) is 3.02. The molecule has 1 atom stereocenters. The van der Waals surface area contributed by atoms with Crippen molar-refractivity contribution in [3.63, 3.8) is 0 Å². The number of benzene rings is 1. The van der Waals surface area contributed by atoms with Crippen LogP contribution >= 0.6 is 0 Å². The molecule has 0 spiro atoms. The lowest BCUT2D eigenvalue weighted by molar-refractivity contribution is 0.106. The van der Waals surface area contributed by atoms with Gasteiger partial charge in [-0.05, 0) is 63.0 Å². The lowest BCUT2D eigenvalue weighted by Gasteiger charge is -2.38. The summed E-state index contributed by atoms with van der Waals surface area (Å²) in [6.07, 6.45) is 7.86. The van der Waals surface area contributed by atoms with Crippen molar-refractivity contribution in [2.45, 2.75) is 49.6 Å². The second-order valence-electron chi connectivity index (χ2n) is 7.04. The zero-order valence-electron chi connectivity index (χ0n) is 14.1. The second kappa shape index (κ2) is 7.32. The topological polar surface area (TPSA) is 40.6 Å². The number of piperidine rings is 1. The Hall–Kier alpha value is -0.910. The molecule has 23 heavy (non-hydrogen) atoms. The Balaban J connectivity index is 1.64. The van der Waals surface area contributed by atoms with Gasteiger partial charge in [0.1, 0.15) is 0 Å². The average molecular weight is 337 g/mol. The van der Waals surface area contributed by atoms with Crippen LogP contribution in [0.5, 0.6) is 0 Å².